The largest absolute Gasteiger partial charge is 0.377 e. The van der Waals surface area contributed by atoms with Crippen molar-refractivity contribution in [1.82, 2.24) is 0 Å². The molecule has 0 aromatic carbocycles. The van der Waals surface area contributed by atoms with Gasteiger partial charge >= 0.3 is 0 Å². The SMILES string of the molecule is CCCC(CCC)OCCN. The van der Waals surface area contributed by atoms with Gasteiger partial charge in [0.05, 0.1) is 12.7 Å². The summed E-state index contributed by atoms with van der Waals surface area (Å²) >= 11 is 0. The van der Waals surface area contributed by atoms with Crippen LogP contribution < -0.4 is 5.73 Å². The summed E-state index contributed by atoms with van der Waals surface area (Å²) in [7, 11) is 0. The molecule has 0 saturated carbocycles. The van der Waals surface area contributed by atoms with E-state index >= 15 is 0 Å². The van der Waals surface area contributed by atoms with E-state index in [1.807, 2.05) is 0 Å². The Hall–Kier alpha value is -0.0800. The molecule has 0 heterocycles. The minimum absolute atomic E-state index is 0.452. The molecule has 0 aliphatic rings. The normalized spacial score (nSPS) is 10.9. The van der Waals surface area contributed by atoms with Gasteiger partial charge in [0.25, 0.3) is 0 Å². The van der Waals surface area contributed by atoms with Crippen LogP contribution in [0, 0.1) is 0 Å². The molecule has 11 heavy (non-hydrogen) atoms. The topological polar surface area (TPSA) is 35.2 Å². The summed E-state index contributed by atoms with van der Waals surface area (Å²) in [5, 5.41) is 0. The van der Waals surface area contributed by atoms with Gasteiger partial charge in [-0.3, -0.25) is 0 Å². The molecule has 2 N–H and O–H groups in total. The third-order valence-corrected chi connectivity index (χ3v) is 1.69. The molecular formula is C9H21NO. The van der Waals surface area contributed by atoms with Crippen molar-refractivity contribution in [1.29, 1.82) is 0 Å². The molecule has 0 amide bonds. The van der Waals surface area contributed by atoms with E-state index in [2.05, 4.69) is 13.8 Å². The maximum absolute atomic E-state index is 5.55. The van der Waals surface area contributed by atoms with Gasteiger partial charge in [-0.15, -0.1) is 0 Å². The van der Waals surface area contributed by atoms with Gasteiger partial charge in [-0.05, 0) is 12.8 Å². The lowest BCUT2D eigenvalue weighted by molar-refractivity contribution is 0.0459. The Kier molecular flexibility index (Phi) is 7.96. The van der Waals surface area contributed by atoms with Crippen LogP contribution in [-0.2, 0) is 4.74 Å². The van der Waals surface area contributed by atoms with Gasteiger partial charge < -0.3 is 10.5 Å². The second-order valence-electron chi connectivity index (χ2n) is 2.86. The lowest BCUT2D eigenvalue weighted by atomic mass is 10.1. The summed E-state index contributed by atoms with van der Waals surface area (Å²) in [5.74, 6) is 0. The highest BCUT2D eigenvalue weighted by Crippen LogP contribution is 2.08. The van der Waals surface area contributed by atoms with Crippen molar-refractivity contribution in [3.05, 3.63) is 0 Å². The Balaban J connectivity index is 3.34. The van der Waals surface area contributed by atoms with E-state index in [1.165, 1.54) is 25.7 Å². The summed E-state index contributed by atoms with van der Waals surface area (Å²) < 4.78 is 5.55. The van der Waals surface area contributed by atoms with Crippen LogP contribution in [0.4, 0.5) is 0 Å². The minimum atomic E-state index is 0.452. The lowest BCUT2D eigenvalue weighted by Crippen LogP contribution is -2.17. The first kappa shape index (κ1) is 10.9. The summed E-state index contributed by atoms with van der Waals surface area (Å²) in [6.45, 7) is 5.73. The molecule has 68 valence electrons. The molecule has 0 aromatic heterocycles. The van der Waals surface area contributed by atoms with Crippen LogP contribution in [0.2, 0.25) is 0 Å². The second-order valence-corrected chi connectivity index (χ2v) is 2.86. The molecule has 0 radical (unpaired) electrons. The molecule has 0 bridgehead atoms. The van der Waals surface area contributed by atoms with Crippen molar-refractivity contribution in [2.75, 3.05) is 13.2 Å². The summed E-state index contributed by atoms with van der Waals surface area (Å²) in [5.41, 5.74) is 5.34. The van der Waals surface area contributed by atoms with Gasteiger partial charge in [0.15, 0.2) is 0 Å². The van der Waals surface area contributed by atoms with Gasteiger partial charge in [0.1, 0.15) is 0 Å². The minimum Gasteiger partial charge on any atom is -0.377 e. The first-order chi connectivity index (χ1) is 5.35. The standard InChI is InChI=1S/C9H21NO/c1-3-5-9(6-4-2)11-8-7-10/h9H,3-8,10H2,1-2H3. The van der Waals surface area contributed by atoms with Gasteiger partial charge in [-0.2, -0.15) is 0 Å². The molecule has 0 atom stereocenters. The predicted molar refractivity (Wildman–Crippen MR) is 48.6 cm³/mol. The molecule has 0 rings (SSSR count). The number of hydrogen-bond donors (Lipinski definition) is 1. The number of ether oxygens (including phenoxy) is 1. The third-order valence-electron chi connectivity index (χ3n) is 1.69. The van der Waals surface area contributed by atoms with Crippen LogP contribution in [0.5, 0.6) is 0 Å². The average molecular weight is 159 g/mol. The second kappa shape index (κ2) is 8.02. The fourth-order valence-corrected chi connectivity index (χ4v) is 1.19. The summed E-state index contributed by atoms with van der Waals surface area (Å²) in [6, 6.07) is 0. The van der Waals surface area contributed by atoms with E-state index in [9.17, 15) is 0 Å². The zero-order valence-electron chi connectivity index (χ0n) is 7.81. The van der Waals surface area contributed by atoms with Crippen LogP contribution in [0.25, 0.3) is 0 Å². The zero-order chi connectivity index (χ0) is 8.53. The Morgan fingerprint density at radius 2 is 1.73 bits per heavy atom. The van der Waals surface area contributed by atoms with E-state index in [0.29, 0.717) is 19.3 Å². The fraction of sp³-hybridized carbons (Fsp3) is 1.00. The van der Waals surface area contributed by atoms with Crippen LogP contribution >= 0.6 is 0 Å². The van der Waals surface area contributed by atoms with Crippen molar-refractivity contribution in [3.63, 3.8) is 0 Å². The first-order valence-corrected chi connectivity index (χ1v) is 4.66. The van der Waals surface area contributed by atoms with Crippen LogP contribution in [0.15, 0.2) is 0 Å². The maximum atomic E-state index is 5.55. The van der Waals surface area contributed by atoms with Gasteiger partial charge in [0, 0.05) is 6.54 Å². The van der Waals surface area contributed by atoms with Gasteiger partial charge in [0.2, 0.25) is 0 Å². The summed E-state index contributed by atoms with van der Waals surface area (Å²) in [6.07, 6.45) is 5.21. The van der Waals surface area contributed by atoms with Crippen molar-refractivity contribution < 1.29 is 4.74 Å². The fourth-order valence-electron chi connectivity index (χ4n) is 1.19. The maximum Gasteiger partial charge on any atom is 0.0592 e. The molecular weight excluding hydrogens is 138 g/mol. The lowest BCUT2D eigenvalue weighted by Gasteiger charge is -2.15. The van der Waals surface area contributed by atoms with Crippen molar-refractivity contribution in [2.24, 2.45) is 5.73 Å². The Morgan fingerprint density at radius 3 is 2.09 bits per heavy atom. The monoisotopic (exact) mass is 159 g/mol. The molecule has 0 saturated heterocycles. The smallest absolute Gasteiger partial charge is 0.0592 e. The molecule has 0 fully saturated rings. The Morgan fingerprint density at radius 1 is 1.18 bits per heavy atom. The van der Waals surface area contributed by atoms with Crippen LogP contribution in [-0.4, -0.2) is 19.3 Å². The quantitative estimate of drug-likeness (QED) is 0.616. The molecule has 0 aliphatic heterocycles. The highest BCUT2D eigenvalue weighted by molar-refractivity contribution is 4.56. The van der Waals surface area contributed by atoms with Gasteiger partial charge in [-0.25, -0.2) is 0 Å². The molecule has 0 aliphatic carbocycles. The highest BCUT2D eigenvalue weighted by atomic mass is 16.5. The number of rotatable bonds is 7. The Bertz CT molecular complexity index is 70.0. The molecule has 0 aromatic rings. The van der Waals surface area contributed by atoms with Crippen molar-refractivity contribution in [3.8, 4) is 0 Å². The molecule has 2 nitrogen and oxygen atoms in total. The van der Waals surface area contributed by atoms with Gasteiger partial charge in [-0.1, -0.05) is 26.7 Å². The average Bonchev–Trinajstić information content (AvgIpc) is 2.01. The third kappa shape index (κ3) is 6.32. The molecule has 2 heteroatoms. The van der Waals surface area contributed by atoms with Crippen LogP contribution in [0.1, 0.15) is 39.5 Å². The number of hydrogen-bond acceptors (Lipinski definition) is 2. The Labute approximate surface area is 70.1 Å². The number of nitrogens with two attached hydrogens (primary N) is 1. The first-order valence-electron chi connectivity index (χ1n) is 4.66. The molecule has 0 unspecified atom stereocenters. The van der Waals surface area contributed by atoms with Crippen LogP contribution in [0.3, 0.4) is 0 Å². The van der Waals surface area contributed by atoms with E-state index in [4.69, 9.17) is 10.5 Å². The van der Waals surface area contributed by atoms with Crippen molar-refractivity contribution in [2.45, 2.75) is 45.6 Å². The van der Waals surface area contributed by atoms with E-state index < -0.39 is 0 Å². The van der Waals surface area contributed by atoms with E-state index in [-0.39, 0.29) is 0 Å². The molecule has 0 spiro atoms. The predicted octanol–water partition coefficient (Wildman–Crippen LogP) is 1.93. The summed E-state index contributed by atoms with van der Waals surface area (Å²) in [4.78, 5) is 0. The van der Waals surface area contributed by atoms with E-state index in [1.54, 1.807) is 0 Å². The van der Waals surface area contributed by atoms with Crippen molar-refractivity contribution >= 4 is 0 Å². The van der Waals surface area contributed by atoms with E-state index in [0.717, 1.165) is 0 Å². The zero-order valence-corrected chi connectivity index (χ0v) is 7.81. The highest BCUT2D eigenvalue weighted by Gasteiger charge is 2.04.